The van der Waals surface area contributed by atoms with Gasteiger partial charge in [0.1, 0.15) is 22.8 Å². The molecule has 3 N–H and O–H groups in total. The molecule has 5 heterocycles. The summed E-state index contributed by atoms with van der Waals surface area (Å²) in [5, 5.41) is 17.1. The summed E-state index contributed by atoms with van der Waals surface area (Å²) in [6.45, 7) is 13.4. The minimum Gasteiger partial charge on any atom is -0.455 e. The lowest BCUT2D eigenvalue weighted by atomic mass is 9.72. The summed E-state index contributed by atoms with van der Waals surface area (Å²) >= 11 is 6.25. The maximum atomic E-state index is 14.1. The van der Waals surface area contributed by atoms with E-state index >= 15 is 0 Å². The Kier molecular flexibility index (Phi) is 12.6. The van der Waals surface area contributed by atoms with Gasteiger partial charge in [-0.25, -0.2) is 18.1 Å². The summed E-state index contributed by atoms with van der Waals surface area (Å²) in [4.78, 5) is 42.4. The number of hydrogen-bond donors (Lipinski definition) is 3. The number of allylic oxidation sites excluding steroid dienone is 1. The average molecular weight is 923 g/mol. The van der Waals surface area contributed by atoms with Gasteiger partial charge in [-0.1, -0.05) is 43.2 Å². The van der Waals surface area contributed by atoms with Crippen molar-refractivity contribution in [3.63, 3.8) is 0 Å². The number of aromatic amines is 1. The molecule has 2 fully saturated rings. The highest BCUT2D eigenvalue weighted by Gasteiger charge is 2.34. The summed E-state index contributed by atoms with van der Waals surface area (Å²) in [6.07, 6.45) is 7.68. The molecule has 65 heavy (non-hydrogen) atoms. The van der Waals surface area contributed by atoms with Crippen LogP contribution in [0, 0.1) is 15.5 Å². The maximum absolute atomic E-state index is 14.1. The number of halogens is 1. The minimum atomic E-state index is -4.57. The first-order chi connectivity index (χ1) is 31.2. The van der Waals surface area contributed by atoms with Crippen molar-refractivity contribution in [2.75, 3.05) is 82.7 Å². The maximum Gasteiger partial charge on any atom is 0.293 e. The topological polar surface area (TPSA) is 169 Å². The number of anilines is 2. The van der Waals surface area contributed by atoms with Crippen molar-refractivity contribution >= 4 is 61.2 Å². The number of piperazine rings is 2. The van der Waals surface area contributed by atoms with Gasteiger partial charge in [-0.05, 0) is 104 Å². The standard InChI is InChI=1S/C48H56ClN9O6S/c1-48(2)13-10-34(42(29-48)32-4-6-36(49)7-5-32)31-56-20-22-57(23-21-56)38-8-9-41(44(27-38)64-39-25-33-11-14-50-46(33)51-30-39)47(59)53-65(62,63)40-26-35-24-37(52-45(35)43(28-40)58(60)61)12-15-55-18-16-54(3)17-19-55/h4-9,11,14,25-28,30,37,52H,10,12-13,15-24,29,31H2,1-3H3,(H,50,51)(H,53,59)/t37-/m1/s1. The van der Waals surface area contributed by atoms with Gasteiger partial charge in [0, 0.05) is 106 Å². The van der Waals surface area contributed by atoms with E-state index in [2.05, 4.69) is 72.6 Å². The number of benzene rings is 3. The van der Waals surface area contributed by atoms with Gasteiger partial charge in [0.25, 0.3) is 21.6 Å². The van der Waals surface area contributed by atoms with Crippen LogP contribution in [0.1, 0.15) is 61.0 Å². The Hall–Kier alpha value is -5.52. The number of H-pyrrole nitrogens is 1. The number of sulfonamides is 1. The Morgan fingerprint density at radius 3 is 2.49 bits per heavy atom. The van der Waals surface area contributed by atoms with Crippen LogP contribution >= 0.6 is 11.6 Å². The van der Waals surface area contributed by atoms with Gasteiger partial charge in [-0.2, -0.15) is 0 Å². The van der Waals surface area contributed by atoms with Crippen LogP contribution in [0.25, 0.3) is 16.6 Å². The minimum absolute atomic E-state index is 0.0201. The molecule has 1 aliphatic carbocycles. The number of nitro benzene ring substituents is 1. The van der Waals surface area contributed by atoms with Crippen LogP contribution < -0.4 is 19.7 Å². The fourth-order valence-corrected chi connectivity index (χ4v) is 10.8. The highest BCUT2D eigenvalue weighted by molar-refractivity contribution is 7.90. The van der Waals surface area contributed by atoms with Crippen molar-refractivity contribution in [1.29, 1.82) is 0 Å². The van der Waals surface area contributed by atoms with Crippen LogP contribution in [0.3, 0.4) is 0 Å². The Morgan fingerprint density at radius 2 is 1.74 bits per heavy atom. The number of nitro groups is 1. The summed E-state index contributed by atoms with van der Waals surface area (Å²) in [5.74, 6) is -0.427. The average Bonchev–Trinajstić information content (AvgIpc) is 3.93. The lowest BCUT2D eigenvalue weighted by molar-refractivity contribution is -0.384. The predicted octanol–water partition coefficient (Wildman–Crippen LogP) is 7.80. The van der Waals surface area contributed by atoms with E-state index in [0.717, 1.165) is 113 Å². The predicted molar refractivity (Wildman–Crippen MR) is 255 cm³/mol. The SMILES string of the molecule is CN1CCN(CC[C@@H]2Cc3cc(S(=O)(=O)NC(=O)c4ccc(N5CCN(CC6=C(c7ccc(Cl)cc7)CC(C)(C)CC6)CC5)cc4Oc4cnc5[nH]ccc5c4)cc([N+](=O)[O-])c3N2)CC1. The van der Waals surface area contributed by atoms with E-state index in [4.69, 9.17) is 16.3 Å². The van der Waals surface area contributed by atoms with Gasteiger partial charge >= 0.3 is 0 Å². The first-order valence-electron chi connectivity index (χ1n) is 22.4. The number of nitrogens with one attached hydrogen (secondary N) is 3. The zero-order valence-electron chi connectivity index (χ0n) is 37.1. The molecule has 342 valence electrons. The van der Waals surface area contributed by atoms with Crippen molar-refractivity contribution in [2.45, 2.75) is 56.9 Å². The number of hydrogen-bond acceptors (Lipinski definition) is 12. The quantitative estimate of drug-likeness (QED) is 0.0776. The highest BCUT2D eigenvalue weighted by atomic mass is 35.5. The molecule has 3 aliphatic heterocycles. The lowest BCUT2D eigenvalue weighted by Gasteiger charge is -2.39. The van der Waals surface area contributed by atoms with Crippen LogP contribution in [0.5, 0.6) is 11.5 Å². The first-order valence-corrected chi connectivity index (χ1v) is 24.3. The molecular formula is C48H56ClN9O6S. The zero-order valence-corrected chi connectivity index (χ0v) is 38.7. The van der Waals surface area contributed by atoms with Crippen LogP contribution in [0.4, 0.5) is 17.1 Å². The van der Waals surface area contributed by atoms with Gasteiger partial charge in [0.2, 0.25) is 0 Å². The molecule has 3 aromatic carbocycles. The Morgan fingerprint density at radius 1 is 0.985 bits per heavy atom. The van der Waals surface area contributed by atoms with Crippen molar-refractivity contribution in [3.8, 4) is 11.5 Å². The number of nitrogens with zero attached hydrogens (tertiary/aromatic N) is 6. The first kappa shape index (κ1) is 44.7. The Bertz CT molecular complexity index is 2740. The summed E-state index contributed by atoms with van der Waals surface area (Å²) in [5.41, 5.74) is 6.31. The number of ether oxygens (including phenoxy) is 1. The molecule has 2 saturated heterocycles. The van der Waals surface area contributed by atoms with Crippen molar-refractivity contribution in [3.05, 3.63) is 117 Å². The van der Waals surface area contributed by atoms with E-state index in [9.17, 15) is 23.3 Å². The molecule has 0 saturated carbocycles. The van der Waals surface area contributed by atoms with E-state index in [1.807, 2.05) is 18.2 Å². The Balaban J connectivity index is 0.925. The molecule has 1 atom stereocenters. The third kappa shape index (κ3) is 10.2. The lowest BCUT2D eigenvalue weighted by Crippen LogP contribution is -2.47. The third-order valence-electron chi connectivity index (χ3n) is 13.5. The van der Waals surface area contributed by atoms with E-state index in [0.29, 0.717) is 29.1 Å². The van der Waals surface area contributed by atoms with Gasteiger partial charge < -0.3 is 29.7 Å². The monoisotopic (exact) mass is 921 g/mol. The number of pyridine rings is 1. The summed E-state index contributed by atoms with van der Waals surface area (Å²) in [7, 11) is -2.47. The number of carbonyl (C=O) groups excluding carboxylic acids is 1. The molecule has 5 aromatic rings. The molecule has 17 heteroatoms. The van der Waals surface area contributed by atoms with E-state index < -0.39 is 20.9 Å². The molecule has 15 nitrogen and oxygen atoms in total. The van der Waals surface area contributed by atoms with Crippen molar-refractivity contribution in [1.82, 2.24) is 29.4 Å². The van der Waals surface area contributed by atoms with Crippen molar-refractivity contribution in [2.24, 2.45) is 5.41 Å². The second kappa shape index (κ2) is 18.4. The largest absolute Gasteiger partial charge is 0.455 e. The van der Waals surface area contributed by atoms with Crippen LogP contribution in [0.2, 0.25) is 5.02 Å². The van der Waals surface area contributed by atoms with E-state index in [1.165, 1.54) is 29.0 Å². The van der Waals surface area contributed by atoms with Gasteiger partial charge in [-0.15, -0.1) is 0 Å². The van der Waals surface area contributed by atoms with E-state index in [-0.39, 0.29) is 33.4 Å². The molecular weight excluding hydrogens is 866 g/mol. The molecule has 1 amide bonds. The number of amides is 1. The smallest absolute Gasteiger partial charge is 0.293 e. The highest BCUT2D eigenvalue weighted by Crippen LogP contribution is 2.44. The molecule has 9 rings (SSSR count). The van der Waals surface area contributed by atoms with Gasteiger partial charge in [0.15, 0.2) is 0 Å². The summed E-state index contributed by atoms with van der Waals surface area (Å²) < 4.78 is 36.5. The molecule has 0 bridgehead atoms. The molecule has 0 spiro atoms. The van der Waals surface area contributed by atoms with Crippen LogP contribution in [0.15, 0.2) is 89.6 Å². The molecule has 4 aliphatic rings. The zero-order chi connectivity index (χ0) is 45.5. The van der Waals surface area contributed by atoms with Crippen LogP contribution in [-0.4, -0.2) is 122 Å². The van der Waals surface area contributed by atoms with Gasteiger partial charge in [0.05, 0.1) is 21.6 Å². The molecule has 0 unspecified atom stereocenters. The fraction of sp³-hybridized carbons (Fsp3) is 0.417. The van der Waals surface area contributed by atoms with Crippen molar-refractivity contribution < 1.29 is 22.9 Å². The number of rotatable bonds is 13. The van der Waals surface area contributed by atoms with Gasteiger partial charge in [-0.3, -0.25) is 19.8 Å². The number of likely N-dealkylation sites (N-methyl/N-ethyl adjacent to an activating group) is 1. The normalized spacial score (nSPS) is 19.6. The second-order valence-electron chi connectivity index (χ2n) is 18.7. The second-order valence-corrected chi connectivity index (χ2v) is 20.8. The summed E-state index contributed by atoms with van der Waals surface area (Å²) in [6, 6.07) is 19.3. The van der Waals surface area contributed by atoms with Crippen LogP contribution in [-0.2, 0) is 16.4 Å². The molecule has 0 radical (unpaired) electrons. The number of aromatic nitrogens is 2. The number of carbonyl (C=O) groups is 1. The number of fused-ring (bicyclic) bond motifs is 2. The third-order valence-corrected chi connectivity index (χ3v) is 15.0. The molecule has 2 aromatic heterocycles. The Labute approximate surface area is 385 Å². The van der Waals surface area contributed by atoms with E-state index in [1.54, 1.807) is 30.5 Å². The fourth-order valence-electron chi connectivity index (χ4n) is 9.60.